The molecule has 0 aliphatic heterocycles. The fourth-order valence-corrected chi connectivity index (χ4v) is 1.50. The Labute approximate surface area is 104 Å². The number of hydrogen-bond donors (Lipinski definition) is 0. The van der Waals surface area contributed by atoms with Gasteiger partial charge in [0.15, 0.2) is 5.15 Å². The minimum atomic E-state index is -0.257. The molecule has 0 radical (unpaired) electrons. The summed E-state index contributed by atoms with van der Waals surface area (Å²) in [4.78, 5) is 19.5. The van der Waals surface area contributed by atoms with Crippen LogP contribution >= 0.6 is 11.6 Å². The molecule has 1 aromatic carbocycles. The van der Waals surface area contributed by atoms with E-state index in [0.717, 1.165) is 5.56 Å². The maximum Gasteiger partial charge on any atom is 0.207 e. The van der Waals surface area contributed by atoms with Crippen LogP contribution in [0.25, 0.3) is 6.08 Å². The minimum Gasteiger partial charge on any atom is -0.287 e. The lowest BCUT2D eigenvalue weighted by molar-refractivity contribution is 0.104. The summed E-state index contributed by atoms with van der Waals surface area (Å²) in [5.41, 5.74) is 1.11. The summed E-state index contributed by atoms with van der Waals surface area (Å²) in [6, 6.07) is 9.53. The lowest BCUT2D eigenvalue weighted by Crippen LogP contribution is -2.00. The molecular formula is C13H9ClN2O. The Balaban J connectivity index is 2.18. The molecule has 3 nitrogen and oxygen atoms in total. The van der Waals surface area contributed by atoms with Gasteiger partial charge in [-0.3, -0.25) is 4.79 Å². The van der Waals surface area contributed by atoms with Crippen molar-refractivity contribution in [2.45, 2.75) is 0 Å². The third-order valence-electron chi connectivity index (χ3n) is 2.11. The number of nitrogens with zero attached hydrogens (tertiary/aromatic N) is 2. The van der Waals surface area contributed by atoms with Gasteiger partial charge >= 0.3 is 0 Å². The van der Waals surface area contributed by atoms with Crippen LogP contribution in [0.3, 0.4) is 0 Å². The molecule has 1 heterocycles. The molecular weight excluding hydrogens is 236 g/mol. The molecule has 1 aromatic heterocycles. The summed E-state index contributed by atoms with van der Waals surface area (Å²) < 4.78 is 0. The monoisotopic (exact) mass is 244 g/mol. The van der Waals surface area contributed by atoms with Crippen molar-refractivity contribution in [2.75, 3.05) is 0 Å². The van der Waals surface area contributed by atoms with E-state index in [2.05, 4.69) is 9.97 Å². The van der Waals surface area contributed by atoms with Gasteiger partial charge in [0.2, 0.25) is 5.78 Å². The maximum absolute atomic E-state index is 11.8. The molecule has 0 saturated heterocycles. The molecule has 0 aliphatic carbocycles. The Morgan fingerprint density at radius 1 is 1.12 bits per heavy atom. The highest BCUT2D eigenvalue weighted by atomic mass is 35.5. The Morgan fingerprint density at radius 2 is 1.82 bits per heavy atom. The van der Waals surface area contributed by atoms with Crippen LogP contribution in [0.1, 0.15) is 16.1 Å². The molecule has 2 aromatic rings. The summed E-state index contributed by atoms with van der Waals surface area (Å²) in [6.45, 7) is 0. The van der Waals surface area contributed by atoms with Crippen LogP contribution in [0.5, 0.6) is 0 Å². The third kappa shape index (κ3) is 2.98. The normalized spacial score (nSPS) is 10.6. The van der Waals surface area contributed by atoms with Crippen molar-refractivity contribution < 1.29 is 4.79 Å². The van der Waals surface area contributed by atoms with Crippen molar-refractivity contribution in [2.24, 2.45) is 0 Å². The van der Waals surface area contributed by atoms with Crippen molar-refractivity contribution >= 4 is 23.5 Å². The van der Waals surface area contributed by atoms with Crippen LogP contribution in [0, 0.1) is 0 Å². The van der Waals surface area contributed by atoms with E-state index in [9.17, 15) is 4.79 Å². The molecule has 0 fully saturated rings. The van der Waals surface area contributed by atoms with Crippen LogP contribution in [-0.2, 0) is 0 Å². The van der Waals surface area contributed by atoms with Gasteiger partial charge in [0.1, 0.15) is 5.69 Å². The molecule has 4 heteroatoms. The Kier molecular flexibility index (Phi) is 3.62. The van der Waals surface area contributed by atoms with Crippen LogP contribution in [-0.4, -0.2) is 15.8 Å². The van der Waals surface area contributed by atoms with Gasteiger partial charge in [-0.2, -0.15) is 0 Å². The fourth-order valence-electron chi connectivity index (χ4n) is 1.30. The van der Waals surface area contributed by atoms with Crippen molar-refractivity contribution in [3.05, 3.63) is 65.2 Å². The number of rotatable bonds is 3. The van der Waals surface area contributed by atoms with Crippen LogP contribution in [0.2, 0.25) is 5.15 Å². The Hall–Kier alpha value is -2.00. The highest BCUT2D eigenvalue weighted by molar-refractivity contribution is 6.33. The van der Waals surface area contributed by atoms with Crippen LogP contribution in [0.15, 0.2) is 48.8 Å². The molecule has 0 atom stereocenters. The number of benzene rings is 1. The number of carbonyl (C=O) groups excluding carboxylic acids is 1. The zero-order chi connectivity index (χ0) is 12.1. The van der Waals surface area contributed by atoms with Gasteiger partial charge < -0.3 is 0 Å². The maximum atomic E-state index is 11.8. The fraction of sp³-hybridized carbons (Fsp3) is 0. The lowest BCUT2D eigenvalue weighted by atomic mass is 10.2. The zero-order valence-corrected chi connectivity index (χ0v) is 9.63. The Bertz CT molecular complexity index is 552. The summed E-state index contributed by atoms with van der Waals surface area (Å²) in [5.74, 6) is -0.257. The average Bonchev–Trinajstić information content (AvgIpc) is 2.38. The van der Waals surface area contributed by atoms with Gasteiger partial charge in [0.25, 0.3) is 0 Å². The molecule has 0 unspecified atom stereocenters. The first-order valence-corrected chi connectivity index (χ1v) is 5.39. The number of aromatic nitrogens is 2. The van der Waals surface area contributed by atoms with E-state index >= 15 is 0 Å². The van der Waals surface area contributed by atoms with Crippen molar-refractivity contribution in [3.8, 4) is 0 Å². The Morgan fingerprint density at radius 3 is 2.53 bits per heavy atom. The zero-order valence-electron chi connectivity index (χ0n) is 8.88. The smallest absolute Gasteiger partial charge is 0.207 e. The van der Waals surface area contributed by atoms with E-state index in [1.54, 1.807) is 6.08 Å². The molecule has 0 bridgehead atoms. The standard InChI is InChI=1S/C13H9ClN2O/c14-13-12(15-8-9-16-13)11(17)7-6-10-4-2-1-3-5-10/h1-9H/b7-6+. The average molecular weight is 245 g/mol. The molecule has 0 spiro atoms. The summed E-state index contributed by atoms with van der Waals surface area (Å²) in [7, 11) is 0. The SMILES string of the molecule is O=C(/C=C/c1ccccc1)c1nccnc1Cl. The first-order chi connectivity index (χ1) is 8.27. The van der Waals surface area contributed by atoms with Crippen LogP contribution in [0.4, 0.5) is 0 Å². The van der Waals surface area contributed by atoms with E-state index in [-0.39, 0.29) is 16.6 Å². The summed E-state index contributed by atoms with van der Waals surface area (Å²) >= 11 is 5.77. The highest BCUT2D eigenvalue weighted by Gasteiger charge is 2.08. The van der Waals surface area contributed by atoms with E-state index in [4.69, 9.17) is 11.6 Å². The predicted octanol–water partition coefficient (Wildman–Crippen LogP) is 3.03. The van der Waals surface area contributed by atoms with Gasteiger partial charge in [0.05, 0.1) is 0 Å². The molecule has 17 heavy (non-hydrogen) atoms. The summed E-state index contributed by atoms with van der Waals surface area (Å²) in [6.07, 6.45) is 6.04. The quantitative estimate of drug-likeness (QED) is 0.616. The summed E-state index contributed by atoms with van der Waals surface area (Å²) in [5, 5.41) is 0.121. The molecule has 0 aliphatic rings. The van der Waals surface area contributed by atoms with E-state index in [0.29, 0.717) is 0 Å². The molecule has 2 rings (SSSR count). The van der Waals surface area contributed by atoms with Crippen molar-refractivity contribution in [1.82, 2.24) is 9.97 Å². The predicted molar refractivity (Wildman–Crippen MR) is 66.8 cm³/mol. The van der Waals surface area contributed by atoms with E-state index < -0.39 is 0 Å². The number of allylic oxidation sites excluding steroid dienone is 1. The van der Waals surface area contributed by atoms with Crippen molar-refractivity contribution in [3.63, 3.8) is 0 Å². The molecule has 84 valence electrons. The first kappa shape index (κ1) is 11.5. The van der Waals surface area contributed by atoms with Gasteiger partial charge in [-0.15, -0.1) is 0 Å². The van der Waals surface area contributed by atoms with E-state index in [1.165, 1.54) is 18.5 Å². The number of halogens is 1. The topological polar surface area (TPSA) is 42.9 Å². The van der Waals surface area contributed by atoms with Gasteiger partial charge in [-0.25, -0.2) is 9.97 Å². The molecule has 0 amide bonds. The number of carbonyl (C=O) groups is 1. The minimum absolute atomic E-state index is 0.121. The second-order valence-corrected chi connectivity index (χ2v) is 3.66. The second kappa shape index (κ2) is 5.37. The van der Waals surface area contributed by atoms with Gasteiger partial charge in [0, 0.05) is 12.4 Å². The number of ketones is 1. The molecule has 0 saturated carbocycles. The van der Waals surface area contributed by atoms with Gasteiger partial charge in [-0.05, 0) is 11.6 Å². The van der Waals surface area contributed by atoms with Crippen molar-refractivity contribution in [1.29, 1.82) is 0 Å². The van der Waals surface area contributed by atoms with Gasteiger partial charge in [-0.1, -0.05) is 48.0 Å². The second-order valence-electron chi connectivity index (χ2n) is 3.30. The van der Waals surface area contributed by atoms with E-state index in [1.807, 2.05) is 30.3 Å². The lowest BCUT2D eigenvalue weighted by Gasteiger charge is -1.96. The first-order valence-electron chi connectivity index (χ1n) is 5.01. The highest BCUT2D eigenvalue weighted by Crippen LogP contribution is 2.10. The third-order valence-corrected chi connectivity index (χ3v) is 2.39. The van der Waals surface area contributed by atoms with Crippen LogP contribution < -0.4 is 0 Å². The number of hydrogen-bond acceptors (Lipinski definition) is 3. The largest absolute Gasteiger partial charge is 0.287 e. The molecule has 0 N–H and O–H groups in total.